The Morgan fingerprint density at radius 2 is 1.05 bits per heavy atom. The zero-order valence-corrected chi connectivity index (χ0v) is 30.3. The van der Waals surface area contributed by atoms with E-state index < -0.39 is 0 Å². The summed E-state index contributed by atoms with van der Waals surface area (Å²) < 4.78 is 7.47. The van der Waals surface area contributed by atoms with Crippen molar-refractivity contribution in [1.82, 2.24) is 19.1 Å². The fourth-order valence-electron chi connectivity index (χ4n) is 8.68. The molecular weight excluding hydrogens is 689 g/mol. The highest BCUT2D eigenvalue weighted by molar-refractivity contribution is 7.26. The average Bonchev–Trinajstić information content (AvgIpc) is 3.90. The molecule has 0 radical (unpaired) electrons. The minimum atomic E-state index is 0.707. The molecule has 4 heterocycles. The van der Waals surface area contributed by atoms with Crippen LogP contribution >= 0.6 is 11.3 Å². The van der Waals surface area contributed by atoms with Crippen molar-refractivity contribution in [2.24, 2.45) is 0 Å². The normalized spacial score (nSPS) is 12.0. The van der Waals surface area contributed by atoms with Crippen LogP contribution in [0.3, 0.4) is 0 Å². The third kappa shape index (κ3) is 4.51. The number of aromatic nitrogens is 4. The van der Waals surface area contributed by atoms with Gasteiger partial charge in [-0.2, -0.15) is 0 Å². The molecule has 256 valence electrons. The SMILES string of the molecule is c1ccc(-c2nc(-c3cccc(-n4c5cc6c(cc5c5c7sc8ccccc8c7ccc54)c4ccccc4n6-c4ccccc4)c3)nc3ccccc23)cc1. The first kappa shape index (κ1) is 30.4. The molecule has 0 N–H and O–H groups in total. The molecule has 55 heavy (non-hydrogen) atoms. The van der Waals surface area contributed by atoms with Crippen LogP contribution in [0.5, 0.6) is 0 Å². The van der Waals surface area contributed by atoms with Crippen molar-refractivity contribution in [2.75, 3.05) is 0 Å². The molecule has 5 heteroatoms. The highest BCUT2D eigenvalue weighted by atomic mass is 32.1. The van der Waals surface area contributed by atoms with Crippen LogP contribution in [-0.4, -0.2) is 19.1 Å². The molecule has 0 aliphatic carbocycles. The lowest BCUT2D eigenvalue weighted by atomic mass is 10.1. The third-order valence-corrected chi connectivity index (χ3v) is 12.3. The summed E-state index contributed by atoms with van der Waals surface area (Å²) in [5.74, 6) is 0.707. The van der Waals surface area contributed by atoms with Crippen LogP contribution in [0.15, 0.2) is 182 Å². The van der Waals surface area contributed by atoms with Gasteiger partial charge >= 0.3 is 0 Å². The number of nitrogens with zero attached hydrogens (tertiary/aromatic N) is 4. The van der Waals surface area contributed by atoms with E-state index in [9.17, 15) is 0 Å². The number of rotatable bonds is 4. The van der Waals surface area contributed by atoms with E-state index in [2.05, 4.69) is 179 Å². The van der Waals surface area contributed by atoms with Crippen molar-refractivity contribution < 1.29 is 0 Å². The summed E-state index contributed by atoms with van der Waals surface area (Å²) >= 11 is 1.89. The van der Waals surface area contributed by atoms with Crippen molar-refractivity contribution in [2.45, 2.75) is 0 Å². The number of fused-ring (bicyclic) bond motifs is 11. The first-order chi connectivity index (χ1) is 27.3. The molecule has 0 amide bonds. The standard InChI is InChI=1S/C50H30N4S/c1-3-14-31(15-4-1)48-38-22-7-10-23-41(38)51-50(52-48)32-16-13-19-34(28-32)54-43-27-26-37-36-21-9-12-25-46(36)55-49(37)47(43)40-29-39-35-20-8-11-24-42(35)53(44(39)30-45(40)54)33-17-5-2-6-18-33/h1-30H. The number of hydrogen-bond donors (Lipinski definition) is 0. The number of benzene rings is 8. The van der Waals surface area contributed by atoms with Crippen LogP contribution in [0.4, 0.5) is 0 Å². The first-order valence-electron chi connectivity index (χ1n) is 18.6. The van der Waals surface area contributed by atoms with Gasteiger partial charge in [0, 0.05) is 69.6 Å². The van der Waals surface area contributed by atoms with E-state index in [1.165, 1.54) is 58.3 Å². The zero-order valence-electron chi connectivity index (χ0n) is 29.5. The molecule has 0 aliphatic rings. The number of thiophene rings is 1. The molecule has 0 saturated carbocycles. The molecule has 0 saturated heterocycles. The maximum absolute atomic E-state index is 5.24. The van der Waals surface area contributed by atoms with Gasteiger partial charge in [0.05, 0.1) is 33.3 Å². The van der Waals surface area contributed by atoms with Gasteiger partial charge < -0.3 is 9.13 Å². The lowest BCUT2D eigenvalue weighted by Crippen LogP contribution is -1.98. The molecule has 4 aromatic heterocycles. The predicted octanol–water partition coefficient (Wildman–Crippen LogP) is 13.5. The monoisotopic (exact) mass is 718 g/mol. The first-order valence-corrected chi connectivity index (χ1v) is 19.4. The lowest BCUT2D eigenvalue weighted by molar-refractivity contribution is 1.16. The van der Waals surface area contributed by atoms with E-state index in [1.807, 2.05) is 23.5 Å². The molecule has 0 spiro atoms. The molecule has 0 bridgehead atoms. The van der Waals surface area contributed by atoms with Crippen molar-refractivity contribution in [1.29, 1.82) is 0 Å². The van der Waals surface area contributed by atoms with Gasteiger partial charge in [-0.15, -0.1) is 11.3 Å². The number of hydrogen-bond acceptors (Lipinski definition) is 3. The largest absolute Gasteiger partial charge is 0.309 e. The Hall–Kier alpha value is -7.08. The second kappa shape index (κ2) is 11.7. The van der Waals surface area contributed by atoms with Crippen molar-refractivity contribution >= 4 is 86.0 Å². The van der Waals surface area contributed by atoms with E-state index in [4.69, 9.17) is 9.97 Å². The van der Waals surface area contributed by atoms with E-state index in [1.54, 1.807) is 0 Å². The molecule has 8 aromatic carbocycles. The summed E-state index contributed by atoms with van der Waals surface area (Å²) in [7, 11) is 0. The van der Waals surface area contributed by atoms with Crippen LogP contribution in [0.25, 0.3) is 109 Å². The van der Waals surface area contributed by atoms with Gasteiger partial charge in [-0.25, -0.2) is 9.97 Å². The molecule has 0 aliphatic heterocycles. The van der Waals surface area contributed by atoms with Crippen LogP contribution in [0.2, 0.25) is 0 Å². The van der Waals surface area contributed by atoms with Gasteiger partial charge in [-0.3, -0.25) is 0 Å². The van der Waals surface area contributed by atoms with Crippen LogP contribution in [-0.2, 0) is 0 Å². The molecule has 12 rings (SSSR count). The highest BCUT2D eigenvalue weighted by Crippen LogP contribution is 2.46. The summed E-state index contributed by atoms with van der Waals surface area (Å²) in [5, 5.41) is 8.66. The van der Waals surface area contributed by atoms with E-state index in [0.29, 0.717) is 5.82 Å². The Morgan fingerprint density at radius 1 is 0.382 bits per heavy atom. The quantitative estimate of drug-likeness (QED) is 0.182. The van der Waals surface area contributed by atoms with E-state index in [0.717, 1.165) is 44.6 Å². The van der Waals surface area contributed by atoms with Crippen LogP contribution in [0, 0.1) is 0 Å². The van der Waals surface area contributed by atoms with Crippen LogP contribution < -0.4 is 0 Å². The van der Waals surface area contributed by atoms with Gasteiger partial charge in [0.15, 0.2) is 5.82 Å². The maximum Gasteiger partial charge on any atom is 0.160 e. The topological polar surface area (TPSA) is 35.6 Å². The van der Waals surface area contributed by atoms with E-state index >= 15 is 0 Å². The molecule has 0 fully saturated rings. The highest BCUT2D eigenvalue weighted by Gasteiger charge is 2.22. The second-order valence-corrected chi connectivity index (χ2v) is 15.2. The Labute approximate surface area is 319 Å². The Balaban J connectivity index is 1.18. The minimum absolute atomic E-state index is 0.707. The predicted molar refractivity (Wildman–Crippen MR) is 232 cm³/mol. The summed E-state index contributed by atoms with van der Waals surface area (Å²) in [5.41, 5.74) is 10.8. The van der Waals surface area contributed by atoms with Gasteiger partial charge in [-0.05, 0) is 60.7 Å². The summed E-state index contributed by atoms with van der Waals surface area (Å²) in [6, 6.07) is 65.2. The lowest BCUT2D eigenvalue weighted by Gasteiger charge is -2.12. The molecule has 12 aromatic rings. The summed E-state index contributed by atoms with van der Waals surface area (Å²) in [6.07, 6.45) is 0. The van der Waals surface area contributed by atoms with Gasteiger partial charge in [-0.1, -0.05) is 121 Å². The smallest absolute Gasteiger partial charge is 0.160 e. The van der Waals surface area contributed by atoms with Gasteiger partial charge in [0.2, 0.25) is 0 Å². The Bertz CT molecular complexity index is 3480. The molecule has 4 nitrogen and oxygen atoms in total. The Kier molecular flexibility index (Phi) is 6.47. The van der Waals surface area contributed by atoms with Gasteiger partial charge in [0.25, 0.3) is 0 Å². The number of para-hydroxylation sites is 3. The van der Waals surface area contributed by atoms with Crippen molar-refractivity contribution in [3.05, 3.63) is 182 Å². The fraction of sp³-hybridized carbons (Fsp3) is 0. The zero-order chi connectivity index (χ0) is 36.0. The summed E-state index contributed by atoms with van der Waals surface area (Å²) in [6.45, 7) is 0. The minimum Gasteiger partial charge on any atom is -0.309 e. The third-order valence-electron chi connectivity index (χ3n) is 11.1. The van der Waals surface area contributed by atoms with E-state index in [-0.39, 0.29) is 0 Å². The molecule has 0 atom stereocenters. The molecular formula is C50H30N4S. The Morgan fingerprint density at radius 3 is 1.93 bits per heavy atom. The molecule has 0 unspecified atom stereocenters. The van der Waals surface area contributed by atoms with Crippen molar-refractivity contribution in [3.8, 4) is 34.0 Å². The summed E-state index contributed by atoms with van der Waals surface area (Å²) in [4.78, 5) is 10.4. The van der Waals surface area contributed by atoms with Crippen LogP contribution in [0.1, 0.15) is 0 Å². The van der Waals surface area contributed by atoms with Crippen molar-refractivity contribution in [3.63, 3.8) is 0 Å². The fourth-order valence-corrected chi connectivity index (χ4v) is 9.94. The average molecular weight is 719 g/mol. The van der Waals surface area contributed by atoms with Gasteiger partial charge in [0.1, 0.15) is 0 Å². The second-order valence-electron chi connectivity index (χ2n) is 14.2. The maximum atomic E-state index is 5.24.